The van der Waals surface area contributed by atoms with Gasteiger partial charge < -0.3 is 15.2 Å². The molecule has 10 nitrogen and oxygen atoms in total. The van der Waals surface area contributed by atoms with E-state index in [1.165, 1.54) is 0 Å². The molecule has 0 fully saturated rings. The predicted molar refractivity (Wildman–Crippen MR) is 125 cm³/mol. The van der Waals surface area contributed by atoms with Gasteiger partial charge in [-0.15, -0.1) is 11.5 Å². The third kappa shape index (κ3) is 5.59. The van der Waals surface area contributed by atoms with Crippen LogP contribution >= 0.6 is 0 Å². The van der Waals surface area contributed by atoms with Crippen LogP contribution < -0.4 is 5.32 Å². The Hall–Kier alpha value is -4.62. The van der Waals surface area contributed by atoms with Crippen molar-refractivity contribution in [2.75, 3.05) is 19.0 Å². The molecule has 4 aromatic rings. The van der Waals surface area contributed by atoms with E-state index in [0.717, 1.165) is 17.0 Å². The van der Waals surface area contributed by atoms with Gasteiger partial charge >= 0.3 is 5.97 Å². The Morgan fingerprint density at radius 2 is 1.88 bits per heavy atom. The lowest BCUT2D eigenvalue weighted by Gasteiger charge is -2.08. The summed E-state index contributed by atoms with van der Waals surface area (Å²) >= 11 is 0. The van der Waals surface area contributed by atoms with E-state index in [-0.39, 0.29) is 12.5 Å². The van der Waals surface area contributed by atoms with E-state index >= 15 is 0 Å². The molecule has 0 unspecified atom stereocenters. The SMILES string of the molecule is C#Cc1cccc(-c2cc(-c3cn(Cc4cccc(COC)n4)nn3)nc(NCC(=O)O)n2)c1. The molecule has 10 heteroatoms. The maximum absolute atomic E-state index is 11.0. The lowest BCUT2D eigenvalue weighted by atomic mass is 10.1. The molecule has 2 N–H and O–H groups in total. The van der Waals surface area contributed by atoms with Crippen LogP contribution in [0.15, 0.2) is 54.7 Å². The summed E-state index contributed by atoms with van der Waals surface area (Å²) in [5.74, 6) is 1.73. The molecule has 1 aromatic carbocycles. The van der Waals surface area contributed by atoms with Crippen molar-refractivity contribution < 1.29 is 14.6 Å². The number of methoxy groups -OCH3 is 1. The highest BCUT2D eigenvalue weighted by atomic mass is 16.5. The molecule has 34 heavy (non-hydrogen) atoms. The highest BCUT2D eigenvalue weighted by Gasteiger charge is 2.13. The summed E-state index contributed by atoms with van der Waals surface area (Å²) in [5.41, 5.74) is 4.65. The van der Waals surface area contributed by atoms with Crippen molar-refractivity contribution >= 4 is 11.9 Å². The van der Waals surface area contributed by atoms with Crippen molar-refractivity contribution in [2.24, 2.45) is 0 Å². The van der Waals surface area contributed by atoms with Crippen LogP contribution in [0.4, 0.5) is 5.95 Å². The Bertz CT molecular complexity index is 1360. The molecular formula is C24H21N7O3. The van der Waals surface area contributed by atoms with E-state index in [2.05, 4.69) is 36.5 Å². The number of carbonyl (C=O) groups is 1. The first-order valence-electron chi connectivity index (χ1n) is 10.3. The van der Waals surface area contributed by atoms with E-state index in [1.54, 1.807) is 24.1 Å². The number of carboxylic acid groups (broad SMARTS) is 1. The summed E-state index contributed by atoms with van der Waals surface area (Å²) < 4.78 is 6.79. The zero-order valence-electron chi connectivity index (χ0n) is 18.3. The average Bonchev–Trinajstić information content (AvgIpc) is 3.31. The van der Waals surface area contributed by atoms with Crippen molar-refractivity contribution in [3.8, 4) is 35.0 Å². The number of hydrogen-bond acceptors (Lipinski definition) is 8. The number of aromatic nitrogens is 6. The smallest absolute Gasteiger partial charge is 0.322 e. The van der Waals surface area contributed by atoms with Crippen molar-refractivity contribution in [2.45, 2.75) is 13.2 Å². The first-order chi connectivity index (χ1) is 16.5. The van der Waals surface area contributed by atoms with Crippen molar-refractivity contribution in [3.05, 3.63) is 71.7 Å². The number of nitrogens with zero attached hydrogens (tertiary/aromatic N) is 6. The van der Waals surface area contributed by atoms with Gasteiger partial charge in [-0.05, 0) is 30.3 Å². The lowest BCUT2D eigenvalue weighted by molar-refractivity contribution is -0.134. The molecule has 0 spiro atoms. The highest BCUT2D eigenvalue weighted by Crippen LogP contribution is 2.25. The molecule has 4 rings (SSSR count). The summed E-state index contributed by atoms with van der Waals surface area (Å²) in [6, 6.07) is 14.8. The van der Waals surface area contributed by atoms with Crippen LogP contribution in [0, 0.1) is 12.3 Å². The third-order valence-corrected chi connectivity index (χ3v) is 4.73. The van der Waals surface area contributed by atoms with Crippen LogP contribution in [-0.4, -0.2) is 54.7 Å². The zero-order chi connectivity index (χ0) is 23.9. The predicted octanol–water partition coefficient (Wildman–Crippen LogP) is 2.47. The minimum absolute atomic E-state index is 0.157. The van der Waals surface area contributed by atoms with Gasteiger partial charge in [-0.2, -0.15) is 0 Å². The number of aliphatic carboxylic acids is 1. The molecular weight excluding hydrogens is 434 g/mol. The molecule has 0 aliphatic rings. The third-order valence-electron chi connectivity index (χ3n) is 4.73. The Labute approximate surface area is 195 Å². The average molecular weight is 455 g/mol. The number of nitrogens with one attached hydrogen (secondary N) is 1. The quantitative estimate of drug-likeness (QED) is 0.366. The molecule has 3 aromatic heterocycles. The molecule has 0 aliphatic carbocycles. The minimum Gasteiger partial charge on any atom is -0.480 e. The Morgan fingerprint density at radius 3 is 2.68 bits per heavy atom. The van der Waals surface area contributed by atoms with Gasteiger partial charge in [0.1, 0.15) is 12.2 Å². The van der Waals surface area contributed by atoms with Crippen molar-refractivity contribution in [3.63, 3.8) is 0 Å². The van der Waals surface area contributed by atoms with Crippen LogP contribution in [0.3, 0.4) is 0 Å². The molecule has 3 heterocycles. The fourth-order valence-electron chi connectivity index (χ4n) is 3.23. The molecule has 0 aliphatic heterocycles. The van der Waals surface area contributed by atoms with E-state index in [1.807, 2.05) is 42.5 Å². The topological polar surface area (TPSA) is 128 Å². The number of ether oxygens (including phenoxy) is 1. The summed E-state index contributed by atoms with van der Waals surface area (Å²) in [5, 5.41) is 20.2. The zero-order valence-corrected chi connectivity index (χ0v) is 18.3. The Kier molecular flexibility index (Phi) is 6.86. The molecule has 0 bridgehead atoms. The van der Waals surface area contributed by atoms with Crippen LogP contribution in [0.1, 0.15) is 17.0 Å². The standard InChI is InChI=1S/C24H21N7O3/c1-3-16-6-4-7-17(10-16)20-11-21(28-24(27-20)25-12-23(32)33)22-14-31(30-29-22)13-18-8-5-9-19(26-18)15-34-2/h1,4-11,14H,12-13,15H2,2H3,(H,32,33)(H,25,27,28). The maximum Gasteiger partial charge on any atom is 0.322 e. The number of hydrogen-bond donors (Lipinski definition) is 2. The minimum atomic E-state index is -1.03. The second-order valence-electron chi connectivity index (χ2n) is 7.29. The molecule has 0 atom stereocenters. The fraction of sp³-hybridized carbons (Fsp3) is 0.167. The summed E-state index contributed by atoms with van der Waals surface area (Å²) in [4.78, 5) is 24.4. The van der Waals surface area contributed by atoms with Gasteiger partial charge in [-0.25, -0.2) is 14.6 Å². The van der Waals surface area contributed by atoms with Crippen LogP contribution in [0.25, 0.3) is 22.6 Å². The number of benzene rings is 1. The van der Waals surface area contributed by atoms with Gasteiger partial charge in [0.25, 0.3) is 0 Å². The van der Waals surface area contributed by atoms with Crippen LogP contribution in [-0.2, 0) is 22.7 Å². The first kappa shape index (κ1) is 22.6. The largest absolute Gasteiger partial charge is 0.480 e. The monoisotopic (exact) mass is 455 g/mol. The van der Waals surface area contributed by atoms with Gasteiger partial charge in [0, 0.05) is 18.2 Å². The molecule has 0 radical (unpaired) electrons. The van der Waals surface area contributed by atoms with Gasteiger partial charge in [-0.1, -0.05) is 29.3 Å². The van der Waals surface area contributed by atoms with Crippen molar-refractivity contribution in [1.29, 1.82) is 0 Å². The van der Waals surface area contributed by atoms with Gasteiger partial charge in [0.2, 0.25) is 5.95 Å². The number of anilines is 1. The van der Waals surface area contributed by atoms with Gasteiger partial charge in [0.05, 0.1) is 42.1 Å². The Morgan fingerprint density at radius 1 is 1.09 bits per heavy atom. The molecule has 0 saturated carbocycles. The summed E-state index contributed by atoms with van der Waals surface area (Å²) in [7, 11) is 1.62. The second kappa shape index (κ2) is 10.3. The number of terminal acetylenes is 1. The van der Waals surface area contributed by atoms with Gasteiger partial charge in [0.15, 0.2) is 0 Å². The molecule has 170 valence electrons. The first-order valence-corrected chi connectivity index (χ1v) is 10.3. The normalized spacial score (nSPS) is 10.6. The lowest BCUT2D eigenvalue weighted by Crippen LogP contribution is -2.14. The van der Waals surface area contributed by atoms with Crippen molar-refractivity contribution in [1.82, 2.24) is 29.9 Å². The van der Waals surface area contributed by atoms with E-state index in [0.29, 0.717) is 35.8 Å². The maximum atomic E-state index is 11.0. The van der Waals surface area contributed by atoms with Gasteiger partial charge in [-0.3, -0.25) is 9.78 Å². The summed E-state index contributed by atoms with van der Waals surface area (Å²) in [6.07, 6.45) is 7.27. The number of pyridine rings is 1. The number of rotatable bonds is 9. The van der Waals surface area contributed by atoms with Crippen LogP contribution in [0.5, 0.6) is 0 Å². The molecule has 0 saturated heterocycles. The second-order valence-corrected chi connectivity index (χ2v) is 7.29. The van der Waals surface area contributed by atoms with E-state index < -0.39 is 5.97 Å². The fourth-order valence-corrected chi connectivity index (χ4v) is 3.23. The summed E-state index contributed by atoms with van der Waals surface area (Å²) in [6.45, 7) is 0.507. The van der Waals surface area contributed by atoms with E-state index in [9.17, 15) is 4.79 Å². The molecule has 0 amide bonds. The Balaban J connectivity index is 1.66. The van der Waals surface area contributed by atoms with Crippen LogP contribution in [0.2, 0.25) is 0 Å². The highest BCUT2D eigenvalue weighted by molar-refractivity contribution is 5.73. The number of carboxylic acids is 1. The van der Waals surface area contributed by atoms with E-state index in [4.69, 9.17) is 16.3 Å².